The van der Waals surface area contributed by atoms with Gasteiger partial charge in [-0.2, -0.15) is 0 Å². The van der Waals surface area contributed by atoms with E-state index in [1.54, 1.807) is 29.7 Å². The summed E-state index contributed by atoms with van der Waals surface area (Å²) in [6, 6.07) is 15.0. The minimum absolute atomic E-state index is 0.140. The van der Waals surface area contributed by atoms with Gasteiger partial charge in [0.15, 0.2) is 0 Å². The van der Waals surface area contributed by atoms with Gasteiger partial charge in [0, 0.05) is 29.6 Å². The molecule has 1 aliphatic rings. The third-order valence-electron chi connectivity index (χ3n) is 5.70. The summed E-state index contributed by atoms with van der Waals surface area (Å²) in [4.78, 5) is 28.6. The largest absolute Gasteiger partial charge is 0.508 e. The van der Waals surface area contributed by atoms with Crippen molar-refractivity contribution in [3.63, 3.8) is 0 Å². The number of carbonyl (C=O) groups excluding carboxylic acids is 1. The molecule has 3 aromatic rings. The summed E-state index contributed by atoms with van der Waals surface area (Å²) in [6.45, 7) is 0. The molecule has 164 valence electrons. The predicted octanol–water partition coefficient (Wildman–Crippen LogP) is 4.87. The van der Waals surface area contributed by atoms with Crippen LogP contribution in [0.4, 0.5) is 0 Å². The van der Waals surface area contributed by atoms with Crippen LogP contribution in [-0.4, -0.2) is 27.1 Å². The minimum atomic E-state index is -0.970. The van der Waals surface area contributed by atoms with Crippen molar-refractivity contribution in [3.8, 4) is 16.9 Å². The highest BCUT2D eigenvalue weighted by Crippen LogP contribution is 2.36. The molecule has 0 saturated carbocycles. The van der Waals surface area contributed by atoms with Crippen molar-refractivity contribution in [2.75, 3.05) is 0 Å². The molecule has 2 aromatic carbocycles. The molecule has 1 aromatic heterocycles. The van der Waals surface area contributed by atoms with Gasteiger partial charge < -0.3 is 15.5 Å². The molecule has 3 N–H and O–H groups in total. The summed E-state index contributed by atoms with van der Waals surface area (Å²) in [5.41, 5.74) is 3.87. The number of rotatable bonds is 7. The molecule has 0 bridgehead atoms. The number of nitrogens with one attached hydrogen (secondary N) is 1. The van der Waals surface area contributed by atoms with E-state index in [-0.39, 0.29) is 24.0 Å². The normalized spacial score (nSPS) is 16.1. The average Bonchev–Trinajstić information content (AvgIpc) is 3.33. The van der Waals surface area contributed by atoms with Crippen LogP contribution in [0.15, 0.2) is 71.4 Å². The molecule has 6 nitrogen and oxygen atoms in total. The van der Waals surface area contributed by atoms with E-state index in [9.17, 15) is 19.8 Å². The van der Waals surface area contributed by atoms with Crippen molar-refractivity contribution < 1.29 is 19.8 Å². The lowest BCUT2D eigenvalue weighted by Gasteiger charge is -2.24. The highest BCUT2D eigenvalue weighted by molar-refractivity contribution is 7.09. The molecule has 0 saturated heterocycles. The van der Waals surface area contributed by atoms with E-state index in [4.69, 9.17) is 0 Å². The Balaban J connectivity index is 1.37. The number of phenols is 1. The number of carbonyl (C=O) groups is 2. The maximum atomic E-state index is 12.6. The molecule has 1 unspecified atom stereocenters. The van der Waals surface area contributed by atoms with E-state index in [2.05, 4.69) is 10.3 Å². The third-order valence-corrected chi connectivity index (χ3v) is 6.64. The van der Waals surface area contributed by atoms with Gasteiger partial charge in [-0.25, -0.2) is 9.78 Å². The van der Waals surface area contributed by atoms with Crippen molar-refractivity contribution >= 4 is 23.2 Å². The summed E-state index contributed by atoms with van der Waals surface area (Å²) in [5.74, 6) is -0.779. The van der Waals surface area contributed by atoms with E-state index in [1.165, 1.54) is 0 Å². The number of amides is 1. The van der Waals surface area contributed by atoms with Crippen LogP contribution in [0.3, 0.4) is 0 Å². The van der Waals surface area contributed by atoms with Gasteiger partial charge in [0.1, 0.15) is 5.75 Å². The first-order chi connectivity index (χ1) is 15.5. The summed E-state index contributed by atoms with van der Waals surface area (Å²) < 4.78 is 0. The predicted molar refractivity (Wildman–Crippen MR) is 123 cm³/mol. The van der Waals surface area contributed by atoms with Crippen LogP contribution >= 0.6 is 11.3 Å². The van der Waals surface area contributed by atoms with Crippen LogP contribution in [0, 0.1) is 0 Å². The minimum Gasteiger partial charge on any atom is -0.508 e. The maximum Gasteiger partial charge on any atom is 0.333 e. The fourth-order valence-corrected chi connectivity index (χ4v) is 4.73. The second-order valence-corrected chi connectivity index (χ2v) is 8.79. The molecule has 1 amide bonds. The first-order valence-electron chi connectivity index (χ1n) is 10.5. The Morgan fingerprint density at radius 2 is 1.75 bits per heavy atom. The van der Waals surface area contributed by atoms with Crippen LogP contribution < -0.4 is 5.32 Å². The molecule has 1 heterocycles. The van der Waals surface area contributed by atoms with E-state index < -0.39 is 5.97 Å². The van der Waals surface area contributed by atoms with E-state index >= 15 is 0 Å². The van der Waals surface area contributed by atoms with E-state index in [0.29, 0.717) is 30.5 Å². The zero-order chi connectivity index (χ0) is 22.5. The number of hydrogen-bond acceptors (Lipinski definition) is 5. The first kappa shape index (κ1) is 21.8. The lowest BCUT2D eigenvalue weighted by atomic mass is 9.87. The quantitative estimate of drug-likeness (QED) is 0.479. The van der Waals surface area contributed by atoms with Crippen molar-refractivity contribution in [3.05, 3.63) is 81.9 Å². The molecule has 32 heavy (non-hydrogen) atoms. The van der Waals surface area contributed by atoms with Crippen LogP contribution in [0.2, 0.25) is 0 Å². The van der Waals surface area contributed by atoms with Crippen LogP contribution in [0.1, 0.15) is 42.2 Å². The number of aromatic hydroxyl groups is 1. The number of nitrogens with zero attached hydrogens (tertiary/aromatic N) is 1. The van der Waals surface area contributed by atoms with Crippen molar-refractivity contribution in [2.45, 2.75) is 38.0 Å². The van der Waals surface area contributed by atoms with E-state index in [0.717, 1.165) is 28.1 Å². The highest BCUT2D eigenvalue weighted by atomic mass is 32.1. The Bertz CT molecular complexity index is 1120. The average molecular weight is 449 g/mol. The van der Waals surface area contributed by atoms with Crippen LogP contribution in [0.25, 0.3) is 11.1 Å². The number of carboxylic acid groups (broad SMARTS) is 1. The lowest BCUT2D eigenvalue weighted by molar-refractivity contribution is -0.133. The van der Waals surface area contributed by atoms with Crippen molar-refractivity contribution in [2.24, 2.45) is 0 Å². The molecule has 4 rings (SSSR count). The fourth-order valence-electron chi connectivity index (χ4n) is 3.96. The standard InChI is InChI=1S/C25H24N2O4S/c28-20-9-6-18(7-10-20)17-4-1-16(2-5-17)3-12-23(29)27-22-15-19(24-26-13-14-32-24)8-11-21(22)25(30)31/h1-2,4-7,9-10,13-14,19,28H,3,8,11-12,15H2,(H,27,29)(H,30,31). The first-order valence-corrected chi connectivity index (χ1v) is 11.4. The van der Waals surface area contributed by atoms with Gasteiger partial charge in [0.2, 0.25) is 5.91 Å². The molecule has 0 fully saturated rings. The molecule has 0 spiro atoms. The van der Waals surface area contributed by atoms with Gasteiger partial charge in [-0.15, -0.1) is 11.3 Å². The number of carboxylic acids is 1. The zero-order valence-corrected chi connectivity index (χ0v) is 18.3. The number of aliphatic carboxylic acids is 1. The SMILES string of the molecule is O=C(CCc1ccc(-c2ccc(O)cc2)cc1)NC1=C(C(=O)O)CCC(c2nccs2)C1. The topological polar surface area (TPSA) is 99.5 Å². The molecule has 1 atom stereocenters. The fraction of sp³-hybridized carbons (Fsp3) is 0.240. The molecule has 0 radical (unpaired) electrons. The van der Waals surface area contributed by atoms with Crippen molar-refractivity contribution in [1.82, 2.24) is 10.3 Å². The van der Waals surface area contributed by atoms with Gasteiger partial charge in [-0.3, -0.25) is 4.79 Å². The Labute approximate surface area is 190 Å². The number of phenolic OH excluding ortho intramolecular Hbond substituents is 1. The zero-order valence-electron chi connectivity index (χ0n) is 17.5. The summed E-state index contributed by atoms with van der Waals surface area (Å²) in [6.07, 6.45) is 4.23. The Kier molecular flexibility index (Phi) is 6.66. The molecule has 7 heteroatoms. The Morgan fingerprint density at radius 1 is 1.06 bits per heavy atom. The highest BCUT2D eigenvalue weighted by Gasteiger charge is 2.28. The second kappa shape index (κ2) is 9.78. The molecule has 0 aliphatic heterocycles. The van der Waals surface area contributed by atoms with Crippen LogP contribution in [-0.2, 0) is 16.0 Å². The second-order valence-electron chi connectivity index (χ2n) is 7.86. The molecular formula is C25H24N2O4S. The van der Waals surface area contributed by atoms with Crippen molar-refractivity contribution in [1.29, 1.82) is 0 Å². The number of aryl methyl sites for hydroxylation is 1. The smallest absolute Gasteiger partial charge is 0.333 e. The van der Waals surface area contributed by atoms with Gasteiger partial charge >= 0.3 is 5.97 Å². The van der Waals surface area contributed by atoms with Gasteiger partial charge in [-0.1, -0.05) is 36.4 Å². The molecular weight excluding hydrogens is 424 g/mol. The van der Waals surface area contributed by atoms with Gasteiger partial charge in [0.25, 0.3) is 0 Å². The maximum absolute atomic E-state index is 12.6. The van der Waals surface area contributed by atoms with Gasteiger partial charge in [0.05, 0.1) is 10.6 Å². The third kappa shape index (κ3) is 5.23. The van der Waals surface area contributed by atoms with E-state index in [1.807, 2.05) is 41.8 Å². The van der Waals surface area contributed by atoms with Crippen LogP contribution in [0.5, 0.6) is 5.75 Å². The number of allylic oxidation sites excluding steroid dienone is 1. The summed E-state index contributed by atoms with van der Waals surface area (Å²) in [7, 11) is 0. The summed E-state index contributed by atoms with van der Waals surface area (Å²) in [5, 5.41) is 24.7. The lowest BCUT2D eigenvalue weighted by Crippen LogP contribution is -2.29. The number of hydrogen-bond donors (Lipinski definition) is 3. The monoisotopic (exact) mass is 448 g/mol. The number of benzene rings is 2. The Hall–Kier alpha value is -3.45. The van der Waals surface area contributed by atoms with Gasteiger partial charge in [-0.05, 0) is 54.5 Å². The molecule has 1 aliphatic carbocycles. The number of thiazole rings is 1. The Morgan fingerprint density at radius 3 is 2.38 bits per heavy atom. The summed E-state index contributed by atoms with van der Waals surface area (Å²) >= 11 is 1.56. The number of aromatic nitrogens is 1.